The van der Waals surface area contributed by atoms with Crippen molar-refractivity contribution >= 4 is 27.6 Å². The number of para-hydroxylation sites is 1. The molecule has 2 N–H and O–H groups in total. The molecule has 0 saturated heterocycles. The Hall–Kier alpha value is -1.88. The standard InChI is InChI=1S/C16H15BrFNO2/c1-10(16(20)21)12-7-5-11(6-8-12)9-19-15-13(17)3-2-4-14(15)18/h2-8,10,19H,9H2,1H3,(H,20,21). The van der Waals surface area contributed by atoms with Crippen LogP contribution in [-0.2, 0) is 11.3 Å². The molecule has 0 aliphatic carbocycles. The lowest BCUT2D eigenvalue weighted by molar-refractivity contribution is -0.138. The van der Waals surface area contributed by atoms with Gasteiger partial charge < -0.3 is 10.4 Å². The highest BCUT2D eigenvalue weighted by atomic mass is 79.9. The van der Waals surface area contributed by atoms with Gasteiger partial charge in [-0.1, -0.05) is 30.3 Å². The first-order chi connectivity index (χ1) is 9.99. The number of rotatable bonds is 5. The Bertz CT molecular complexity index is 623. The number of anilines is 1. The molecule has 3 nitrogen and oxygen atoms in total. The second kappa shape index (κ2) is 6.72. The van der Waals surface area contributed by atoms with Crippen LogP contribution in [0.3, 0.4) is 0 Å². The Kier molecular flexibility index (Phi) is 4.96. The molecule has 0 radical (unpaired) electrons. The summed E-state index contributed by atoms with van der Waals surface area (Å²) in [5, 5.41) is 12.0. The Labute approximate surface area is 130 Å². The summed E-state index contributed by atoms with van der Waals surface area (Å²) in [6, 6.07) is 12.0. The van der Waals surface area contributed by atoms with Crippen LogP contribution in [0.5, 0.6) is 0 Å². The van der Waals surface area contributed by atoms with Gasteiger partial charge in [0.25, 0.3) is 0 Å². The van der Waals surface area contributed by atoms with Gasteiger partial charge in [-0.05, 0) is 46.1 Å². The predicted octanol–water partition coefficient (Wildman–Crippen LogP) is 4.39. The van der Waals surface area contributed by atoms with Crippen LogP contribution in [-0.4, -0.2) is 11.1 Å². The van der Waals surface area contributed by atoms with Gasteiger partial charge in [0.05, 0.1) is 11.6 Å². The maximum absolute atomic E-state index is 13.7. The molecule has 1 atom stereocenters. The number of carboxylic acids is 1. The summed E-state index contributed by atoms with van der Waals surface area (Å²) < 4.78 is 14.3. The summed E-state index contributed by atoms with van der Waals surface area (Å²) in [5.41, 5.74) is 2.12. The second-order valence-corrected chi connectivity index (χ2v) is 5.61. The van der Waals surface area contributed by atoms with E-state index >= 15 is 0 Å². The van der Waals surface area contributed by atoms with E-state index in [0.717, 1.165) is 11.1 Å². The molecular weight excluding hydrogens is 337 g/mol. The molecule has 2 rings (SSSR count). The highest BCUT2D eigenvalue weighted by molar-refractivity contribution is 9.10. The maximum atomic E-state index is 13.7. The SMILES string of the molecule is CC(C(=O)O)c1ccc(CNc2c(F)cccc2Br)cc1. The van der Waals surface area contributed by atoms with E-state index in [1.165, 1.54) is 6.07 Å². The van der Waals surface area contributed by atoms with Gasteiger partial charge in [-0.25, -0.2) is 4.39 Å². The summed E-state index contributed by atoms with van der Waals surface area (Å²) in [6.07, 6.45) is 0. The minimum Gasteiger partial charge on any atom is -0.481 e. The zero-order valence-corrected chi connectivity index (χ0v) is 13.0. The van der Waals surface area contributed by atoms with E-state index in [0.29, 0.717) is 16.7 Å². The van der Waals surface area contributed by atoms with Gasteiger partial charge in [-0.15, -0.1) is 0 Å². The zero-order valence-electron chi connectivity index (χ0n) is 11.4. The van der Waals surface area contributed by atoms with E-state index in [-0.39, 0.29) is 5.82 Å². The molecule has 0 spiro atoms. The van der Waals surface area contributed by atoms with Crippen LogP contribution in [0.1, 0.15) is 24.0 Å². The van der Waals surface area contributed by atoms with Gasteiger partial charge in [0.2, 0.25) is 0 Å². The first-order valence-corrected chi connectivity index (χ1v) is 7.28. The van der Waals surface area contributed by atoms with Crippen molar-refractivity contribution in [2.75, 3.05) is 5.32 Å². The first kappa shape index (κ1) is 15.5. The summed E-state index contributed by atoms with van der Waals surface area (Å²) in [4.78, 5) is 10.9. The fraction of sp³-hybridized carbons (Fsp3) is 0.188. The number of carboxylic acid groups (broad SMARTS) is 1. The number of halogens is 2. The number of carbonyl (C=O) groups is 1. The van der Waals surface area contributed by atoms with Crippen molar-refractivity contribution in [1.29, 1.82) is 0 Å². The Morgan fingerprint density at radius 3 is 2.52 bits per heavy atom. The van der Waals surface area contributed by atoms with Gasteiger partial charge in [0.1, 0.15) is 5.82 Å². The number of hydrogen-bond acceptors (Lipinski definition) is 2. The van der Waals surface area contributed by atoms with Crippen molar-refractivity contribution in [1.82, 2.24) is 0 Å². The van der Waals surface area contributed by atoms with Crippen molar-refractivity contribution in [3.63, 3.8) is 0 Å². The van der Waals surface area contributed by atoms with Gasteiger partial charge in [-0.2, -0.15) is 0 Å². The minimum absolute atomic E-state index is 0.319. The monoisotopic (exact) mass is 351 g/mol. The van der Waals surface area contributed by atoms with E-state index < -0.39 is 11.9 Å². The predicted molar refractivity (Wildman–Crippen MR) is 83.9 cm³/mol. The van der Waals surface area contributed by atoms with Crippen molar-refractivity contribution in [2.24, 2.45) is 0 Å². The summed E-state index contributed by atoms with van der Waals surface area (Å²) >= 11 is 3.30. The van der Waals surface area contributed by atoms with Crippen LogP contribution in [0.25, 0.3) is 0 Å². The average Bonchev–Trinajstić information content (AvgIpc) is 2.46. The summed E-state index contributed by atoms with van der Waals surface area (Å²) in [6.45, 7) is 2.10. The van der Waals surface area contributed by atoms with Crippen molar-refractivity contribution in [3.8, 4) is 0 Å². The molecule has 1 unspecified atom stereocenters. The van der Waals surface area contributed by atoms with E-state index in [1.807, 2.05) is 12.1 Å². The smallest absolute Gasteiger partial charge is 0.310 e. The lowest BCUT2D eigenvalue weighted by atomic mass is 10.00. The van der Waals surface area contributed by atoms with Crippen LogP contribution in [0.15, 0.2) is 46.9 Å². The lowest BCUT2D eigenvalue weighted by Gasteiger charge is -2.11. The normalized spacial score (nSPS) is 12.0. The van der Waals surface area contributed by atoms with Gasteiger partial charge in [0, 0.05) is 11.0 Å². The highest BCUT2D eigenvalue weighted by Gasteiger charge is 2.13. The van der Waals surface area contributed by atoms with Crippen molar-refractivity contribution in [3.05, 3.63) is 63.9 Å². The van der Waals surface area contributed by atoms with E-state index in [4.69, 9.17) is 5.11 Å². The molecule has 2 aromatic rings. The van der Waals surface area contributed by atoms with E-state index in [9.17, 15) is 9.18 Å². The molecule has 0 saturated carbocycles. The molecule has 5 heteroatoms. The molecular formula is C16H15BrFNO2. The third kappa shape index (κ3) is 3.82. The van der Waals surface area contributed by atoms with Crippen LogP contribution >= 0.6 is 15.9 Å². The molecule has 0 aliphatic rings. The van der Waals surface area contributed by atoms with Gasteiger partial charge >= 0.3 is 5.97 Å². The quantitative estimate of drug-likeness (QED) is 0.839. The van der Waals surface area contributed by atoms with Crippen LogP contribution < -0.4 is 5.32 Å². The molecule has 0 amide bonds. The van der Waals surface area contributed by atoms with Crippen LogP contribution in [0.4, 0.5) is 10.1 Å². The molecule has 0 aliphatic heterocycles. The number of aliphatic carboxylic acids is 1. The van der Waals surface area contributed by atoms with Gasteiger partial charge in [0.15, 0.2) is 0 Å². The minimum atomic E-state index is -0.851. The molecule has 110 valence electrons. The zero-order chi connectivity index (χ0) is 15.4. The fourth-order valence-electron chi connectivity index (χ4n) is 1.92. The van der Waals surface area contributed by atoms with Crippen LogP contribution in [0, 0.1) is 5.82 Å². The molecule has 0 heterocycles. The average molecular weight is 352 g/mol. The number of hydrogen-bond donors (Lipinski definition) is 2. The second-order valence-electron chi connectivity index (χ2n) is 4.75. The summed E-state index contributed by atoms with van der Waals surface area (Å²) in [5.74, 6) is -1.70. The highest BCUT2D eigenvalue weighted by Crippen LogP contribution is 2.25. The van der Waals surface area contributed by atoms with E-state index in [1.54, 1.807) is 31.2 Å². The third-order valence-electron chi connectivity index (χ3n) is 3.28. The number of benzene rings is 2. The third-order valence-corrected chi connectivity index (χ3v) is 3.94. The van der Waals surface area contributed by atoms with Crippen LogP contribution in [0.2, 0.25) is 0 Å². The van der Waals surface area contributed by atoms with Gasteiger partial charge in [-0.3, -0.25) is 4.79 Å². The molecule has 0 bridgehead atoms. The topological polar surface area (TPSA) is 49.3 Å². The molecule has 0 fully saturated rings. The fourth-order valence-corrected chi connectivity index (χ4v) is 2.41. The molecule has 21 heavy (non-hydrogen) atoms. The number of nitrogens with one attached hydrogen (secondary N) is 1. The van der Waals surface area contributed by atoms with E-state index in [2.05, 4.69) is 21.2 Å². The molecule has 0 aromatic heterocycles. The summed E-state index contributed by atoms with van der Waals surface area (Å²) in [7, 11) is 0. The Morgan fingerprint density at radius 2 is 1.95 bits per heavy atom. The molecule has 2 aromatic carbocycles. The van der Waals surface area contributed by atoms with Crippen molar-refractivity contribution < 1.29 is 14.3 Å². The largest absolute Gasteiger partial charge is 0.481 e. The van der Waals surface area contributed by atoms with Crippen molar-refractivity contribution in [2.45, 2.75) is 19.4 Å². The maximum Gasteiger partial charge on any atom is 0.310 e. The Morgan fingerprint density at radius 1 is 1.29 bits per heavy atom. The first-order valence-electron chi connectivity index (χ1n) is 6.48. The Balaban J connectivity index is 2.06. The lowest BCUT2D eigenvalue weighted by Crippen LogP contribution is -2.07.